The maximum absolute atomic E-state index is 12.3. The average molecular weight is 334 g/mol. The van der Waals surface area contributed by atoms with Gasteiger partial charge in [-0.15, -0.1) is 0 Å². The number of nitrogens with zero attached hydrogens (tertiary/aromatic N) is 1. The topological polar surface area (TPSA) is 77.0 Å². The van der Waals surface area contributed by atoms with Crippen molar-refractivity contribution in [2.24, 2.45) is 16.8 Å². The van der Waals surface area contributed by atoms with Crippen molar-refractivity contribution < 1.29 is 19.1 Å². The lowest BCUT2D eigenvalue weighted by Gasteiger charge is -2.28. The molecule has 0 saturated carbocycles. The highest BCUT2D eigenvalue weighted by molar-refractivity contribution is 6.02. The molecule has 1 N–H and O–H groups in total. The lowest BCUT2D eigenvalue weighted by atomic mass is 9.87. The number of alkyl carbamates (subject to hydrolysis) is 1. The molecule has 2 atom stereocenters. The zero-order chi connectivity index (χ0) is 18.1. The van der Waals surface area contributed by atoms with E-state index in [0.717, 1.165) is 5.56 Å². The second-order valence-corrected chi connectivity index (χ2v) is 5.85. The largest absolute Gasteiger partial charge is 0.468 e. The van der Waals surface area contributed by atoms with Crippen molar-refractivity contribution in [1.82, 2.24) is 5.32 Å². The Kier molecular flexibility index (Phi) is 7.95. The van der Waals surface area contributed by atoms with Gasteiger partial charge in [0.1, 0.15) is 5.92 Å². The number of benzene rings is 1. The second kappa shape index (κ2) is 9.70. The van der Waals surface area contributed by atoms with Crippen LogP contribution >= 0.6 is 0 Å². The molecule has 0 saturated heterocycles. The predicted molar refractivity (Wildman–Crippen MR) is 92.9 cm³/mol. The third-order valence-corrected chi connectivity index (χ3v) is 3.81. The molecular weight excluding hydrogens is 308 g/mol. The first-order chi connectivity index (χ1) is 11.4. The molecule has 0 aromatic heterocycles. The van der Waals surface area contributed by atoms with E-state index in [0.29, 0.717) is 12.3 Å². The van der Waals surface area contributed by atoms with Gasteiger partial charge in [-0.2, -0.15) is 0 Å². The lowest BCUT2D eigenvalue weighted by Crippen LogP contribution is -2.49. The highest BCUT2D eigenvalue weighted by Gasteiger charge is 2.35. The number of hydrogen-bond acceptors (Lipinski definition) is 5. The van der Waals surface area contributed by atoms with Crippen molar-refractivity contribution in [1.29, 1.82) is 0 Å². The molecule has 1 amide bonds. The highest BCUT2D eigenvalue weighted by Crippen LogP contribution is 2.18. The summed E-state index contributed by atoms with van der Waals surface area (Å²) in [6, 6.07) is 9.28. The number of esters is 1. The van der Waals surface area contributed by atoms with E-state index in [2.05, 4.69) is 15.0 Å². The summed E-state index contributed by atoms with van der Waals surface area (Å²) >= 11 is 0. The quantitative estimate of drug-likeness (QED) is 0.614. The Morgan fingerprint density at radius 2 is 1.75 bits per heavy atom. The molecule has 1 unspecified atom stereocenters. The summed E-state index contributed by atoms with van der Waals surface area (Å²) in [5, 5.41) is 2.72. The molecule has 0 aliphatic carbocycles. The summed E-state index contributed by atoms with van der Waals surface area (Å²) in [6.07, 6.45) is -0.585. The number of ether oxygens (including phenoxy) is 2. The molecule has 0 aliphatic rings. The molecule has 0 spiro atoms. The van der Waals surface area contributed by atoms with Crippen LogP contribution in [0.5, 0.6) is 0 Å². The first kappa shape index (κ1) is 19.7. The van der Waals surface area contributed by atoms with E-state index in [4.69, 9.17) is 4.74 Å². The molecular formula is C18H26N2O4. The molecule has 6 heteroatoms. The van der Waals surface area contributed by atoms with Gasteiger partial charge in [0.2, 0.25) is 0 Å². The number of carbonyl (C=O) groups excluding carboxylic acids is 2. The second-order valence-electron chi connectivity index (χ2n) is 5.85. The van der Waals surface area contributed by atoms with Crippen LogP contribution in [0.2, 0.25) is 0 Å². The molecule has 1 aromatic carbocycles. The van der Waals surface area contributed by atoms with Crippen LogP contribution < -0.4 is 5.32 Å². The normalized spacial score (nSPS) is 14.0. The standard InChI is InChI=1S/C18H26N2O4/c1-12(2)16(20-18(22)24-5)15(17(21)23-4)13(3)19-11-14-9-7-6-8-10-14/h6-10,12,15-16H,11H2,1-5H3,(H,20,22)/t15?,16-/m0/s1. The minimum Gasteiger partial charge on any atom is -0.468 e. The zero-order valence-corrected chi connectivity index (χ0v) is 14.9. The average Bonchev–Trinajstić information content (AvgIpc) is 2.59. The van der Waals surface area contributed by atoms with E-state index >= 15 is 0 Å². The number of aliphatic imine (C=N–C) groups is 1. The SMILES string of the molecule is COC(=O)N[C@@H](C(C)C)C(C(=O)OC)C(C)=NCc1ccccc1. The van der Waals surface area contributed by atoms with Crippen molar-refractivity contribution >= 4 is 17.8 Å². The van der Waals surface area contributed by atoms with E-state index in [-0.39, 0.29) is 5.92 Å². The molecule has 0 bridgehead atoms. The van der Waals surface area contributed by atoms with E-state index in [1.54, 1.807) is 6.92 Å². The molecule has 0 aliphatic heterocycles. The van der Waals surface area contributed by atoms with E-state index in [1.807, 2.05) is 44.2 Å². The fraction of sp³-hybridized carbons (Fsp3) is 0.500. The van der Waals surface area contributed by atoms with Crippen LogP contribution in [0.25, 0.3) is 0 Å². The summed E-state index contributed by atoms with van der Waals surface area (Å²) in [4.78, 5) is 28.4. The number of nitrogens with one attached hydrogen (secondary N) is 1. The van der Waals surface area contributed by atoms with Gasteiger partial charge in [0, 0.05) is 5.71 Å². The Morgan fingerprint density at radius 3 is 2.25 bits per heavy atom. The summed E-state index contributed by atoms with van der Waals surface area (Å²) in [5.41, 5.74) is 1.66. The Labute approximate surface area is 143 Å². The van der Waals surface area contributed by atoms with Gasteiger partial charge >= 0.3 is 12.1 Å². The molecule has 24 heavy (non-hydrogen) atoms. The number of amides is 1. The maximum atomic E-state index is 12.3. The summed E-state index contributed by atoms with van der Waals surface area (Å²) < 4.78 is 9.58. The summed E-state index contributed by atoms with van der Waals surface area (Å²) in [6.45, 7) is 6.07. The molecule has 132 valence electrons. The number of rotatable bonds is 7. The molecule has 0 radical (unpaired) electrons. The number of carbonyl (C=O) groups is 2. The van der Waals surface area contributed by atoms with Crippen LogP contribution in [0.4, 0.5) is 4.79 Å². The van der Waals surface area contributed by atoms with Gasteiger partial charge < -0.3 is 14.8 Å². The fourth-order valence-corrected chi connectivity index (χ4v) is 2.43. The third-order valence-electron chi connectivity index (χ3n) is 3.81. The Bertz CT molecular complexity index is 570. The fourth-order valence-electron chi connectivity index (χ4n) is 2.43. The van der Waals surface area contributed by atoms with Crippen molar-refractivity contribution in [3.8, 4) is 0 Å². The first-order valence-corrected chi connectivity index (χ1v) is 7.87. The smallest absolute Gasteiger partial charge is 0.407 e. The molecule has 0 heterocycles. The van der Waals surface area contributed by atoms with Crippen LogP contribution in [0.3, 0.4) is 0 Å². The van der Waals surface area contributed by atoms with Crippen LogP contribution in [-0.2, 0) is 20.8 Å². The van der Waals surface area contributed by atoms with Gasteiger partial charge in [0.15, 0.2) is 0 Å². The lowest BCUT2D eigenvalue weighted by molar-refractivity contribution is -0.144. The Hall–Kier alpha value is -2.37. The Balaban J connectivity index is 3.04. The van der Waals surface area contributed by atoms with E-state index in [9.17, 15) is 9.59 Å². The van der Waals surface area contributed by atoms with E-state index in [1.165, 1.54) is 14.2 Å². The molecule has 6 nitrogen and oxygen atoms in total. The number of hydrogen-bond donors (Lipinski definition) is 1. The molecule has 1 aromatic rings. The highest BCUT2D eigenvalue weighted by atomic mass is 16.5. The molecule has 1 rings (SSSR count). The van der Waals surface area contributed by atoms with Gasteiger partial charge in [-0.25, -0.2) is 4.79 Å². The van der Waals surface area contributed by atoms with Crippen LogP contribution in [0, 0.1) is 11.8 Å². The van der Waals surface area contributed by atoms with Crippen LogP contribution in [0.1, 0.15) is 26.3 Å². The monoisotopic (exact) mass is 334 g/mol. The minimum atomic E-state index is -0.669. The maximum Gasteiger partial charge on any atom is 0.407 e. The van der Waals surface area contributed by atoms with E-state index < -0.39 is 24.0 Å². The first-order valence-electron chi connectivity index (χ1n) is 7.87. The van der Waals surface area contributed by atoms with Crippen molar-refractivity contribution in [3.05, 3.63) is 35.9 Å². The summed E-state index contributed by atoms with van der Waals surface area (Å²) in [7, 11) is 2.62. The Morgan fingerprint density at radius 1 is 1.12 bits per heavy atom. The van der Waals surface area contributed by atoms with Crippen LogP contribution in [-0.4, -0.2) is 38.0 Å². The predicted octanol–water partition coefficient (Wildman–Crippen LogP) is 2.82. The molecule has 0 fully saturated rings. The number of methoxy groups -OCH3 is 2. The third kappa shape index (κ3) is 5.68. The van der Waals surface area contributed by atoms with Crippen molar-refractivity contribution in [3.63, 3.8) is 0 Å². The van der Waals surface area contributed by atoms with Gasteiger partial charge in [-0.1, -0.05) is 44.2 Å². The van der Waals surface area contributed by atoms with Crippen molar-refractivity contribution in [2.45, 2.75) is 33.4 Å². The van der Waals surface area contributed by atoms with Gasteiger partial charge in [0.05, 0.1) is 26.8 Å². The van der Waals surface area contributed by atoms with Gasteiger partial charge in [-0.05, 0) is 18.4 Å². The van der Waals surface area contributed by atoms with Gasteiger partial charge in [0.25, 0.3) is 0 Å². The van der Waals surface area contributed by atoms with Gasteiger partial charge in [-0.3, -0.25) is 9.79 Å². The minimum absolute atomic E-state index is 0.00456. The van der Waals surface area contributed by atoms with Crippen LogP contribution in [0.15, 0.2) is 35.3 Å². The zero-order valence-electron chi connectivity index (χ0n) is 14.9. The van der Waals surface area contributed by atoms with Crippen molar-refractivity contribution in [2.75, 3.05) is 14.2 Å². The summed E-state index contributed by atoms with van der Waals surface area (Å²) in [5.74, 6) is -1.10.